The number of nitriles is 1. The molecule has 0 aliphatic carbocycles. The standard InChI is InChI=1S/C23H17F6N5O2/c1-11-13(9-30)10-31-20(23(27,28)29)18(11)32-22(35)15(24)8-12-5-6-14-19(17(12)25)34(33-21(14)26)16-4-2-3-7-36-16/h5-6,8,10,16H,2-4,7H2,1H3,(H,32,35)/b15-8-. The average molecular weight is 509 g/mol. The van der Waals surface area contributed by atoms with Gasteiger partial charge in [-0.2, -0.15) is 22.8 Å². The van der Waals surface area contributed by atoms with Crippen molar-refractivity contribution in [1.82, 2.24) is 14.8 Å². The van der Waals surface area contributed by atoms with Crippen molar-refractivity contribution in [3.8, 4) is 6.07 Å². The van der Waals surface area contributed by atoms with Gasteiger partial charge >= 0.3 is 6.18 Å². The van der Waals surface area contributed by atoms with E-state index in [0.717, 1.165) is 36.6 Å². The molecule has 0 spiro atoms. The highest BCUT2D eigenvalue weighted by Gasteiger charge is 2.37. The van der Waals surface area contributed by atoms with Gasteiger partial charge in [-0.1, -0.05) is 6.07 Å². The van der Waals surface area contributed by atoms with Crippen LogP contribution in [0.1, 0.15) is 47.9 Å². The number of fused-ring (bicyclic) bond motifs is 1. The number of rotatable bonds is 4. The van der Waals surface area contributed by atoms with Crippen LogP contribution in [0, 0.1) is 30.0 Å². The lowest BCUT2D eigenvalue weighted by Crippen LogP contribution is -2.20. The van der Waals surface area contributed by atoms with Crippen molar-refractivity contribution in [1.29, 1.82) is 5.26 Å². The summed E-state index contributed by atoms with van der Waals surface area (Å²) in [5.74, 6) is -5.33. The first-order valence-electron chi connectivity index (χ1n) is 10.7. The van der Waals surface area contributed by atoms with Crippen LogP contribution in [-0.4, -0.2) is 27.3 Å². The molecule has 0 saturated carbocycles. The summed E-state index contributed by atoms with van der Waals surface area (Å²) in [6, 6.07) is 3.77. The normalized spacial score (nSPS) is 16.7. The fraction of sp³-hybridized carbons (Fsp3) is 0.304. The van der Waals surface area contributed by atoms with Crippen molar-refractivity contribution < 1.29 is 35.9 Å². The molecule has 36 heavy (non-hydrogen) atoms. The lowest BCUT2D eigenvalue weighted by Gasteiger charge is -2.23. The largest absolute Gasteiger partial charge is 0.435 e. The Hall–Kier alpha value is -3.92. The van der Waals surface area contributed by atoms with Crippen molar-refractivity contribution in [2.24, 2.45) is 0 Å². The van der Waals surface area contributed by atoms with Crippen molar-refractivity contribution in [3.05, 3.63) is 58.3 Å². The number of hydrogen-bond acceptors (Lipinski definition) is 5. The molecule has 1 N–H and O–H groups in total. The third-order valence-electron chi connectivity index (χ3n) is 5.69. The molecule has 0 radical (unpaired) electrons. The monoisotopic (exact) mass is 509 g/mol. The van der Waals surface area contributed by atoms with Crippen molar-refractivity contribution in [2.75, 3.05) is 11.9 Å². The van der Waals surface area contributed by atoms with Crippen LogP contribution in [0.5, 0.6) is 0 Å². The Morgan fingerprint density at radius 2 is 2.06 bits per heavy atom. The zero-order valence-electron chi connectivity index (χ0n) is 18.6. The summed E-state index contributed by atoms with van der Waals surface area (Å²) in [5, 5.41) is 14.3. The topological polar surface area (TPSA) is 92.8 Å². The number of hydrogen-bond donors (Lipinski definition) is 1. The van der Waals surface area contributed by atoms with E-state index in [2.05, 4.69) is 10.1 Å². The SMILES string of the molecule is Cc1c(C#N)cnc(C(F)(F)F)c1NC(=O)/C(F)=C/c1ccc2c(F)nn(C3CCCCO3)c2c1F. The molecule has 7 nitrogen and oxygen atoms in total. The number of halogens is 6. The van der Waals surface area contributed by atoms with Gasteiger partial charge in [0.15, 0.2) is 23.6 Å². The van der Waals surface area contributed by atoms with E-state index >= 15 is 4.39 Å². The first kappa shape index (κ1) is 25.2. The molecule has 188 valence electrons. The molecule has 4 rings (SSSR count). The summed E-state index contributed by atoms with van der Waals surface area (Å²) in [7, 11) is 0. The van der Waals surface area contributed by atoms with Crippen molar-refractivity contribution in [3.63, 3.8) is 0 Å². The predicted molar refractivity (Wildman–Crippen MR) is 115 cm³/mol. The van der Waals surface area contributed by atoms with E-state index in [0.29, 0.717) is 25.3 Å². The summed E-state index contributed by atoms with van der Waals surface area (Å²) in [4.78, 5) is 15.6. The van der Waals surface area contributed by atoms with Gasteiger partial charge in [0.25, 0.3) is 5.91 Å². The Balaban J connectivity index is 1.71. The number of nitrogens with zero attached hydrogens (tertiary/aromatic N) is 4. The Labute approximate surface area is 200 Å². The molecule has 1 aliphatic rings. The highest BCUT2D eigenvalue weighted by Crippen LogP contribution is 2.36. The van der Waals surface area contributed by atoms with E-state index in [1.807, 2.05) is 0 Å². The van der Waals surface area contributed by atoms with Gasteiger partial charge in [0.05, 0.1) is 16.6 Å². The van der Waals surface area contributed by atoms with Gasteiger partial charge in [0.2, 0.25) is 5.95 Å². The number of ether oxygens (including phenoxy) is 1. The summed E-state index contributed by atoms with van der Waals surface area (Å²) < 4.78 is 91.0. The predicted octanol–water partition coefficient (Wildman–Crippen LogP) is 5.56. The Morgan fingerprint density at radius 1 is 1.31 bits per heavy atom. The van der Waals surface area contributed by atoms with Crippen LogP contribution in [0.25, 0.3) is 17.0 Å². The number of anilines is 1. The maximum Gasteiger partial charge on any atom is 0.435 e. The first-order chi connectivity index (χ1) is 17.0. The van der Waals surface area contributed by atoms with Gasteiger partial charge in [-0.15, -0.1) is 5.10 Å². The van der Waals surface area contributed by atoms with Crippen LogP contribution in [-0.2, 0) is 15.7 Å². The molecule has 1 aliphatic heterocycles. The molecule has 1 fully saturated rings. The van der Waals surface area contributed by atoms with E-state index in [4.69, 9.17) is 10.00 Å². The minimum Gasteiger partial charge on any atom is -0.356 e. The maximum absolute atomic E-state index is 15.3. The van der Waals surface area contributed by atoms with Gasteiger partial charge in [-0.25, -0.2) is 18.4 Å². The molecular weight excluding hydrogens is 492 g/mol. The van der Waals surface area contributed by atoms with E-state index < -0.39 is 52.8 Å². The zero-order chi connectivity index (χ0) is 26.2. The molecule has 2 aromatic heterocycles. The maximum atomic E-state index is 15.3. The molecule has 1 atom stereocenters. The molecule has 1 saturated heterocycles. The molecule has 0 bridgehead atoms. The van der Waals surface area contributed by atoms with Gasteiger partial charge in [-0.05, 0) is 43.9 Å². The molecule has 1 unspecified atom stereocenters. The number of carbonyl (C=O) groups excluding carboxylic acids is 1. The summed E-state index contributed by atoms with van der Waals surface area (Å²) in [6.07, 6.45) is -2.64. The molecule has 3 heterocycles. The highest BCUT2D eigenvalue weighted by atomic mass is 19.4. The van der Waals surface area contributed by atoms with Crippen LogP contribution < -0.4 is 5.32 Å². The van der Waals surface area contributed by atoms with Crippen LogP contribution in [0.15, 0.2) is 24.2 Å². The Morgan fingerprint density at radius 3 is 2.69 bits per heavy atom. The molecule has 3 aromatic rings. The number of aromatic nitrogens is 3. The van der Waals surface area contributed by atoms with Crippen molar-refractivity contribution in [2.45, 2.75) is 38.6 Å². The molecule has 13 heteroatoms. The number of nitrogens with one attached hydrogen (secondary N) is 1. The lowest BCUT2D eigenvalue weighted by molar-refractivity contribution is -0.140. The van der Waals surface area contributed by atoms with Crippen LogP contribution >= 0.6 is 0 Å². The quantitative estimate of drug-likeness (QED) is 0.368. The van der Waals surface area contributed by atoms with Gasteiger partial charge in [0.1, 0.15) is 11.6 Å². The second kappa shape index (κ2) is 9.62. The van der Waals surface area contributed by atoms with Crippen LogP contribution in [0.3, 0.4) is 0 Å². The highest BCUT2D eigenvalue weighted by molar-refractivity contribution is 6.06. The molecule has 1 amide bonds. The average Bonchev–Trinajstić information content (AvgIpc) is 3.18. The van der Waals surface area contributed by atoms with Gasteiger partial charge in [0, 0.05) is 18.4 Å². The van der Waals surface area contributed by atoms with E-state index in [1.165, 1.54) is 0 Å². The van der Waals surface area contributed by atoms with Gasteiger partial charge < -0.3 is 10.1 Å². The van der Waals surface area contributed by atoms with Crippen LogP contribution in [0.2, 0.25) is 0 Å². The van der Waals surface area contributed by atoms with Crippen LogP contribution in [0.4, 0.5) is 32.0 Å². The Kier molecular flexibility index (Phi) is 6.73. The minimum absolute atomic E-state index is 0.187. The fourth-order valence-corrected chi connectivity index (χ4v) is 3.86. The zero-order valence-corrected chi connectivity index (χ0v) is 18.6. The molecule has 1 aromatic carbocycles. The van der Waals surface area contributed by atoms with Gasteiger partial charge in [-0.3, -0.25) is 4.79 Å². The number of carbonyl (C=O) groups is 1. The van der Waals surface area contributed by atoms with Crippen molar-refractivity contribution >= 4 is 28.6 Å². The van der Waals surface area contributed by atoms with E-state index in [-0.39, 0.29) is 22.0 Å². The van der Waals surface area contributed by atoms with E-state index in [9.17, 15) is 26.7 Å². The summed E-state index contributed by atoms with van der Waals surface area (Å²) >= 11 is 0. The smallest absolute Gasteiger partial charge is 0.356 e. The number of pyridine rings is 1. The van der Waals surface area contributed by atoms with E-state index in [1.54, 1.807) is 11.4 Å². The minimum atomic E-state index is -5.01. The number of amides is 1. The fourth-order valence-electron chi connectivity index (χ4n) is 3.86. The first-order valence-corrected chi connectivity index (χ1v) is 10.7. The second-order valence-electron chi connectivity index (χ2n) is 8.00. The summed E-state index contributed by atoms with van der Waals surface area (Å²) in [6.45, 7) is 1.49. The number of benzene rings is 1. The Bertz CT molecular complexity index is 1420. The lowest BCUT2D eigenvalue weighted by atomic mass is 10.1. The second-order valence-corrected chi connectivity index (χ2v) is 8.00. The third kappa shape index (κ3) is 4.64. The third-order valence-corrected chi connectivity index (χ3v) is 5.69. The molecular formula is C23H17F6N5O2. The number of alkyl halides is 3. The summed E-state index contributed by atoms with van der Waals surface area (Å²) in [5.41, 5.74) is -3.74.